The highest BCUT2D eigenvalue weighted by Crippen LogP contribution is 2.33. The zero-order valence-corrected chi connectivity index (χ0v) is 5.86. The van der Waals surface area contributed by atoms with Crippen molar-refractivity contribution in [3.05, 3.63) is 12.2 Å². The predicted octanol–water partition coefficient (Wildman–Crippen LogP) is -0.165. The van der Waals surface area contributed by atoms with Crippen molar-refractivity contribution in [3.8, 4) is 0 Å². The molecule has 0 saturated carbocycles. The molecule has 4 nitrogen and oxygen atoms in total. The van der Waals surface area contributed by atoms with Gasteiger partial charge in [-0.15, -0.1) is 0 Å². The van der Waals surface area contributed by atoms with Crippen molar-refractivity contribution in [3.63, 3.8) is 0 Å². The summed E-state index contributed by atoms with van der Waals surface area (Å²) < 4.78 is 5.32. The van der Waals surface area contributed by atoms with E-state index in [-0.39, 0.29) is 24.0 Å². The third kappa shape index (κ3) is 0.948. The first kappa shape index (κ1) is 6.82. The highest BCUT2D eigenvalue weighted by Gasteiger charge is 2.40. The zero-order chi connectivity index (χ0) is 7.84. The number of ether oxygens (including phenoxy) is 1. The first-order valence-corrected chi connectivity index (χ1v) is 3.59. The van der Waals surface area contributed by atoms with Crippen molar-refractivity contribution in [2.75, 3.05) is 0 Å². The van der Waals surface area contributed by atoms with Gasteiger partial charge in [0.1, 0.15) is 0 Å². The van der Waals surface area contributed by atoms with Crippen molar-refractivity contribution >= 4 is 5.91 Å². The summed E-state index contributed by atoms with van der Waals surface area (Å²) in [7, 11) is 0. The van der Waals surface area contributed by atoms with Crippen LogP contribution in [0.15, 0.2) is 12.2 Å². The molecule has 2 heterocycles. The lowest BCUT2D eigenvalue weighted by Crippen LogP contribution is -2.32. The molecule has 0 aromatic heterocycles. The first-order chi connectivity index (χ1) is 5.31. The van der Waals surface area contributed by atoms with Gasteiger partial charge in [0.15, 0.2) is 0 Å². The van der Waals surface area contributed by atoms with Crippen LogP contribution in [0.5, 0.6) is 0 Å². The Morgan fingerprint density at radius 3 is 2.91 bits per heavy atom. The van der Waals surface area contributed by atoms with Gasteiger partial charge in [-0.1, -0.05) is 12.2 Å². The van der Waals surface area contributed by atoms with Crippen LogP contribution in [-0.4, -0.2) is 23.3 Å². The van der Waals surface area contributed by atoms with Gasteiger partial charge in [0.25, 0.3) is 0 Å². The van der Waals surface area contributed by atoms with E-state index in [0.29, 0.717) is 6.42 Å². The Balaban J connectivity index is 2.08. The first-order valence-electron chi connectivity index (χ1n) is 3.59. The Bertz CT molecular complexity index is 214. The standard InChI is InChI=1S/C7H9NO3/c9-7(8-10)5-3-4-1-2-6(5)11-4/h1-2,4-6,10H,3H2,(H,8,9). The molecule has 0 aromatic rings. The minimum absolute atomic E-state index is 0.0855. The van der Waals surface area contributed by atoms with Gasteiger partial charge in [-0.05, 0) is 6.42 Å². The van der Waals surface area contributed by atoms with E-state index in [4.69, 9.17) is 9.94 Å². The van der Waals surface area contributed by atoms with Gasteiger partial charge in [-0.3, -0.25) is 10.0 Å². The van der Waals surface area contributed by atoms with E-state index < -0.39 is 0 Å². The molecule has 0 spiro atoms. The molecule has 0 radical (unpaired) electrons. The summed E-state index contributed by atoms with van der Waals surface area (Å²) in [6.07, 6.45) is 4.47. The van der Waals surface area contributed by atoms with Crippen molar-refractivity contribution < 1.29 is 14.7 Å². The van der Waals surface area contributed by atoms with Crippen LogP contribution in [0.2, 0.25) is 0 Å². The third-order valence-corrected chi connectivity index (χ3v) is 2.18. The fraction of sp³-hybridized carbons (Fsp3) is 0.571. The van der Waals surface area contributed by atoms with Crippen molar-refractivity contribution in [2.45, 2.75) is 18.6 Å². The minimum Gasteiger partial charge on any atom is -0.366 e. The maximum absolute atomic E-state index is 10.9. The molecule has 2 rings (SSSR count). The van der Waals surface area contributed by atoms with Crippen molar-refractivity contribution in [1.29, 1.82) is 0 Å². The van der Waals surface area contributed by atoms with Gasteiger partial charge >= 0.3 is 0 Å². The van der Waals surface area contributed by atoms with E-state index in [1.807, 2.05) is 12.2 Å². The summed E-state index contributed by atoms with van der Waals surface area (Å²) in [6.45, 7) is 0. The Morgan fingerprint density at radius 2 is 2.45 bits per heavy atom. The largest absolute Gasteiger partial charge is 0.366 e. The van der Waals surface area contributed by atoms with E-state index in [0.717, 1.165) is 0 Å². The van der Waals surface area contributed by atoms with E-state index in [1.54, 1.807) is 5.48 Å². The Labute approximate surface area is 63.8 Å². The molecule has 2 aliphatic heterocycles. The number of carbonyl (C=O) groups excluding carboxylic acids is 1. The number of fused-ring (bicyclic) bond motifs is 2. The van der Waals surface area contributed by atoms with Crippen LogP contribution in [0.4, 0.5) is 0 Å². The number of nitrogens with one attached hydrogen (secondary N) is 1. The fourth-order valence-corrected chi connectivity index (χ4v) is 1.61. The second-order valence-electron chi connectivity index (χ2n) is 2.84. The number of rotatable bonds is 1. The maximum atomic E-state index is 10.9. The highest BCUT2D eigenvalue weighted by molar-refractivity contribution is 5.79. The molecule has 11 heavy (non-hydrogen) atoms. The normalized spacial score (nSPS) is 39.5. The molecule has 0 aromatic carbocycles. The summed E-state index contributed by atoms with van der Waals surface area (Å²) in [5.74, 6) is -0.545. The van der Waals surface area contributed by atoms with Gasteiger partial charge in [-0.25, -0.2) is 5.48 Å². The number of hydrogen-bond donors (Lipinski definition) is 2. The van der Waals surface area contributed by atoms with Crippen LogP contribution >= 0.6 is 0 Å². The average Bonchev–Trinajstić information content (AvgIpc) is 2.62. The van der Waals surface area contributed by atoms with Crippen molar-refractivity contribution in [2.24, 2.45) is 5.92 Å². The van der Waals surface area contributed by atoms with Crippen LogP contribution < -0.4 is 5.48 Å². The number of carbonyl (C=O) groups is 1. The van der Waals surface area contributed by atoms with Crippen LogP contribution in [0.25, 0.3) is 0 Å². The van der Waals surface area contributed by atoms with Gasteiger partial charge in [0.05, 0.1) is 18.1 Å². The van der Waals surface area contributed by atoms with Gasteiger partial charge in [-0.2, -0.15) is 0 Å². The van der Waals surface area contributed by atoms with E-state index in [1.165, 1.54) is 0 Å². The molecule has 2 N–H and O–H groups in total. The quantitative estimate of drug-likeness (QED) is 0.314. The third-order valence-electron chi connectivity index (χ3n) is 2.18. The lowest BCUT2D eigenvalue weighted by molar-refractivity contribution is -0.134. The number of amides is 1. The minimum atomic E-state index is -0.346. The molecule has 3 atom stereocenters. The molecule has 2 bridgehead atoms. The summed E-state index contributed by atoms with van der Waals surface area (Å²) in [5.41, 5.74) is 1.64. The molecule has 0 aliphatic carbocycles. The molecular weight excluding hydrogens is 146 g/mol. The second-order valence-corrected chi connectivity index (χ2v) is 2.84. The van der Waals surface area contributed by atoms with Crippen LogP contribution in [0, 0.1) is 5.92 Å². The lowest BCUT2D eigenvalue weighted by Gasteiger charge is -2.11. The SMILES string of the molecule is O=C(NO)C1CC2C=CC1O2. The van der Waals surface area contributed by atoms with Gasteiger partial charge in [0, 0.05) is 0 Å². The molecule has 1 fully saturated rings. The average molecular weight is 155 g/mol. The Morgan fingerprint density at radius 1 is 1.64 bits per heavy atom. The Hall–Kier alpha value is -0.870. The van der Waals surface area contributed by atoms with E-state index >= 15 is 0 Å². The summed E-state index contributed by atoms with van der Waals surface area (Å²) in [5, 5.41) is 8.34. The van der Waals surface area contributed by atoms with Gasteiger partial charge in [0.2, 0.25) is 5.91 Å². The monoisotopic (exact) mass is 155 g/mol. The number of hydrogen-bond acceptors (Lipinski definition) is 3. The van der Waals surface area contributed by atoms with Gasteiger partial charge < -0.3 is 4.74 Å². The van der Waals surface area contributed by atoms with E-state index in [2.05, 4.69) is 0 Å². The lowest BCUT2D eigenvalue weighted by atomic mass is 9.94. The molecule has 60 valence electrons. The smallest absolute Gasteiger partial charge is 0.249 e. The topological polar surface area (TPSA) is 58.6 Å². The molecule has 1 saturated heterocycles. The summed E-state index contributed by atoms with van der Waals surface area (Å²) >= 11 is 0. The molecule has 2 aliphatic rings. The van der Waals surface area contributed by atoms with Crippen LogP contribution in [0.1, 0.15) is 6.42 Å². The highest BCUT2D eigenvalue weighted by atomic mass is 16.5. The van der Waals surface area contributed by atoms with Crippen LogP contribution in [-0.2, 0) is 9.53 Å². The fourth-order valence-electron chi connectivity index (χ4n) is 1.61. The van der Waals surface area contributed by atoms with Crippen LogP contribution in [0.3, 0.4) is 0 Å². The molecule has 1 amide bonds. The molecule has 3 unspecified atom stereocenters. The zero-order valence-electron chi connectivity index (χ0n) is 5.86. The number of hydroxylamine groups is 1. The summed E-state index contributed by atoms with van der Waals surface area (Å²) in [4.78, 5) is 10.9. The molecule has 4 heteroatoms. The van der Waals surface area contributed by atoms with E-state index in [9.17, 15) is 4.79 Å². The maximum Gasteiger partial charge on any atom is 0.249 e. The molecular formula is C7H9NO3. The summed E-state index contributed by atoms with van der Waals surface area (Å²) in [6, 6.07) is 0. The Kier molecular flexibility index (Phi) is 1.44. The second kappa shape index (κ2) is 2.32. The predicted molar refractivity (Wildman–Crippen MR) is 35.8 cm³/mol. The van der Waals surface area contributed by atoms with Crippen molar-refractivity contribution in [1.82, 2.24) is 5.48 Å².